The zero-order valence-electron chi connectivity index (χ0n) is 9.65. The number of nitrogens with two attached hydrogens (primary N) is 1. The summed E-state index contributed by atoms with van der Waals surface area (Å²) in [4.78, 5) is 13.9. The Labute approximate surface area is 105 Å². The minimum Gasteiger partial charge on any atom is -0.398 e. The number of hydrogen-bond donors (Lipinski definition) is 1. The molecule has 1 fully saturated rings. The minimum absolute atomic E-state index is 0.0533. The standard InChI is InChI=1S/C12H15ClN2O2/c1-15(9-4-5-17-7-9)12(16)8-2-3-11(14)10(13)6-8/h2-3,6,9H,4-5,7,14H2,1H3. The number of carbonyl (C=O) groups is 1. The number of nitrogens with zero attached hydrogens (tertiary/aromatic N) is 1. The van der Waals surface area contributed by atoms with Gasteiger partial charge in [0.25, 0.3) is 5.91 Å². The molecular weight excluding hydrogens is 240 g/mol. The molecule has 1 heterocycles. The number of carbonyl (C=O) groups excluding carboxylic acids is 1. The molecular formula is C12H15ClN2O2. The second kappa shape index (κ2) is 4.94. The van der Waals surface area contributed by atoms with Crippen molar-refractivity contribution in [2.24, 2.45) is 0 Å². The van der Waals surface area contributed by atoms with Crippen molar-refractivity contribution in [3.63, 3.8) is 0 Å². The molecule has 5 heteroatoms. The Bertz CT molecular complexity index is 431. The maximum absolute atomic E-state index is 12.2. The highest BCUT2D eigenvalue weighted by molar-refractivity contribution is 6.33. The number of anilines is 1. The molecule has 1 saturated heterocycles. The molecule has 1 unspecified atom stereocenters. The minimum atomic E-state index is -0.0533. The highest BCUT2D eigenvalue weighted by Gasteiger charge is 2.25. The van der Waals surface area contributed by atoms with Crippen molar-refractivity contribution >= 4 is 23.2 Å². The first-order chi connectivity index (χ1) is 8.09. The number of benzene rings is 1. The van der Waals surface area contributed by atoms with E-state index in [1.807, 2.05) is 0 Å². The molecule has 0 bridgehead atoms. The highest BCUT2D eigenvalue weighted by atomic mass is 35.5. The van der Waals surface area contributed by atoms with Gasteiger partial charge in [0.1, 0.15) is 0 Å². The summed E-state index contributed by atoms with van der Waals surface area (Å²) < 4.78 is 5.27. The van der Waals surface area contributed by atoms with Gasteiger partial charge in [-0.25, -0.2) is 0 Å². The molecule has 4 nitrogen and oxygen atoms in total. The lowest BCUT2D eigenvalue weighted by Gasteiger charge is -2.23. The molecule has 0 aromatic heterocycles. The van der Waals surface area contributed by atoms with Crippen LogP contribution in [0, 0.1) is 0 Å². The Balaban J connectivity index is 2.15. The first kappa shape index (κ1) is 12.2. The number of amides is 1. The van der Waals surface area contributed by atoms with Crippen LogP contribution in [0.5, 0.6) is 0 Å². The monoisotopic (exact) mass is 254 g/mol. The summed E-state index contributed by atoms with van der Waals surface area (Å²) in [5.41, 5.74) is 6.65. The summed E-state index contributed by atoms with van der Waals surface area (Å²) in [5, 5.41) is 0.409. The zero-order chi connectivity index (χ0) is 12.4. The summed E-state index contributed by atoms with van der Waals surface area (Å²) >= 11 is 5.90. The van der Waals surface area contributed by atoms with Crippen molar-refractivity contribution in [2.75, 3.05) is 26.0 Å². The van der Waals surface area contributed by atoms with E-state index in [4.69, 9.17) is 22.1 Å². The first-order valence-corrected chi connectivity index (χ1v) is 5.87. The van der Waals surface area contributed by atoms with E-state index >= 15 is 0 Å². The van der Waals surface area contributed by atoms with Gasteiger partial charge in [-0.2, -0.15) is 0 Å². The number of hydrogen-bond acceptors (Lipinski definition) is 3. The molecule has 2 rings (SSSR count). The van der Waals surface area contributed by atoms with Crippen LogP contribution in [-0.4, -0.2) is 37.1 Å². The second-order valence-corrected chi connectivity index (χ2v) is 4.58. The van der Waals surface area contributed by atoms with Gasteiger partial charge in [0.2, 0.25) is 0 Å². The van der Waals surface area contributed by atoms with Gasteiger partial charge in [-0.3, -0.25) is 4.79 Å². The number of nitrogen functional groups attached to an aromatic ring is 1. The van der Waals surface area contributed by atoms with E-state index in [9.17, 15) is 4.79 Å². The lowest BCUT2D eigenvalue weighted by molar-refractivity contribution is 0.0711. The normalized spacial score (nSPS) is 19.3. The Morgan fingerprint density at radius 3 is 2.94 bits per heavy atom. The molecule has 0 radical (unpaired) electrons. The molecule has 0 aliphatic carbocycles. The SMILES string of the molecule is CN(C(=O)c1ccc(N)c(Cl)c1)C1CCOC1. The molecule has 1 aliphatic heterocycles. The number of ether oxygens (including phenoxy) is 1. The zero-order valence-corrected chi connectivity index (χ0v) is 10.4. The summed E-state index contributed by atoms with van der Waals surface area (Å²) in [6, 6.07) is 5.09. The van der Waals surface area contributed by atoms with Crippen molar-refractivity contribution in [1.29, 1.82) is 0 Å². The van der Waals surface area contributed by atoms with E-state index < -0.39 is 0 Å². The largest absolute Gasteiger partial charge is 0.398 e. The van der Waals surface area contributed by atoms with Gasteiger partial charge in [-0.05, 0) is 24.6 Å². The van der Waals surface area contributed by atoms with Crippen LogP contribution >= 0.6 is 11.6 Å². The second-order valence-electron chi connectivity index (χ2n) is 4.17. The van der Waals surface area contributed by atoms with Gasteiger partial charge in [0.05, 0.1) is 23.4 Å². The van der Waals surface area contributed by atoms with Gasteiger partial charge in [-0.1, -0.05) is 11.6 Å². The summed E-state index contributed by atoms with van der Waals surface area (Å²) in [6.07, 6.45) is 0.880. The van der Waals surface area contributed by atoms with Crippen LogP contribution in [0.2, 0.25) is 5.02 Å². The maximum Gasteiger partial charge on any atom is 0.253 e. The van der Waals surface area contributed by atoms with Crippen LogP contribution in [0.1, 0.15) is 16.8 Å². The van der Waals surface area contributed by atoms with Gasteiger partial charge in [-0.15, -0.1) is 0 Å². The van der Waals surface area contributed by atoms with E-state index in [0.717, 1.165) is 6.42 Å². The van der Waals surface area contributed by atoms with Crippen molar-refractivity contribution in [3.05, 3.63) is 28.8 Å². The molecule has 17 heavy (non-hydrogen) atoms. The fourth-order valence-electron chi connectivity index (χ4n) is 1.86. The Hall–Kier alpha value is -1.26. The topological polar surface area (TPSA) is 55.6 Å². The smallest absolute Gasteiger partial charge is 0.253 e. The van der Waals surface area contributed by atoms with Crippen LogP contribution in [0.3, 0.4) is 0 Å². The van der Waals surface area contributed by atoms with Crippen LogP contribution < -0.4 is 5.73 Å². The predicted octanol–water partition coefficient (Wildman–Crippen LogP) is 1.78. The van der Waals surface area contributed by atoms with Crippen LogP contribution in [0.25, 0.3) is 0 Å². The van der Waals surface area contributed by atoms with Crippen LogP contribution in [0.15, 0.2) is 18.2 Å². The van der Waals surface area contributed by atoms with Gasteiger partial charge >= 0.3 is 0 Å². The molecule has 0 saturated carbocycles. The van der Waals surface area contributed by atoms with Crippen molar-refractivity contribution in [3.8, 4) is 0 Å². The van der Waals surface area contributed by atoms with E-state index in [1.54, 1.807) is 30.1 Å². The highest BCUT2D eigenvalue weighted by Crippen LogP contribution is 2.21. The summed E-state index contributed by atoms with van der Waals surface area (Å²) in [7, 11) is 1.78. The molecule has 1 aliphatic rings. The number of likely N-dealkylation sites (N-methyl/N-ethyl adjacent to an activating group) is 1. The Morgan fingerprint density at radius 1 is 1.59 bits per heavy atom. The number of halogens is 1. The molecule has 1 aromatic carbocycles. The molecule has 1 atom stereocenters. The molecule has 0 spiro atoms. The molecule has 92 valence electrons. The summed E-state index contributed by atoms with van der Waals surface area (Å²) in [5.74, 6) is -0.0533. The van der Waals surface area contributed by atoms with Crippen LogP contribution in [0.4, 0.5) is 5.69 Å². The van der Waals surface area contributed by atoms with E-state index in [2.05, 4.69) is 0 Å². The van der Waals surface area contributed by atoms with Crippen molar-refractivity contribution < 1.29 is 9.53 Å². The third kappa shape index (κ3) is 2.53. The Morgan fingerprint density at radius 2 is 2.35 bits per heavy atom. The van der Waals surface area contributed by atoms with Gasteiger partial charge in [0, 0.05) is 19.2 Å². The third-order valence-electron chi connectivity index (χ3n) is 3.02. The third-order valence-corrected chi connectivity index (χ3v) is 3.35. The first-order valence-electron chi connectivity index (χ1n) is 5.49. The molecule has 2 N–H and O–H groups in total. The molecule has 1 amide bonds. The molecule has 1 aromatic rings. The maximum atomic E-state index is 12.2. The lowest BCUT2D eigenvalue weighted by atomic mass is 10.1. The van der Waals surface area contributed by atoms with Crippen LogP contribution in [-0.2, 0) is 4.74 Å². The fourth-order valence-corrected chi connectivity index (χ4v) is 2.04. The average Bonchev–Trinajstić information content (AvgIpc) is 2.84. The average molecular weight is 255 g/mol. The summed E-state index contributed by atoms with van der Waals surface area (Å²) in [6.45, 7) is 1.32. The van der Waals surface area contributed by atoms with Gasteiger partial charge < -0.3 is 15.4 Å². The quantitative estimate of drug-likeness (QED) is 0.819. The predicted molar refractivity (Wildman–Crippen MR) is 67.2 cm³/mol. The van der Waals surface area contributed by atoms with Gasteiger partial charge in [0.15, 0.2) is 0 Å². The fraction of sp³-hybridized carbons (Fsp3) is 0.417. The van der Waals surface area contributed by atoms with E-state index in [1.165, 1.54) is 0 Å². The Kier molecular flexibility index (Phi) is 3.54. The van der Waals surface area contributed by atoms with Crippen molar-refractivity contribution in [1.82, 2.24) is 4.90 Å². The van der Waals surface area contributed by atoms with E-state index in [0.29, 0.717) is 29.5 Å². The lowest BCUT2D eigenvalue weighted by Crippen LogP contribution is -2.37. The number of rotatable bonds is 2. The van der Waals surface area contributed by atoms with Crippen molar-refractivity contribution in [2.45, 2.75) is 12.5 Å². The van der Waals surface area contributed by atoms with E-state index in [-0.39, 0.29) is 11.9 Å².